The lowest BCUT2D eigenvalue weighted by molar-refractivity contribution is -0.0482. The minimum atomic E-state index is -0.140. The van der Waals surface area contributed by atoms with Crippen molar-refractivity contribution < 1.29 is 4.74 Å². The van der Waals surface area contributed by atoms with Crippen molar-refractivity contribution in [3.63, 3.8) is 0 Å². The zero-order chi connectivity index (χ0) is 16.1. The van der Waals surface area contributed by atoms with Gasteiger partial charge in [0.05, 0.1) is 11.6 Å². The van der Waals surface area contributed by atoms with E-state index in [0.717, 1.165) is 19.4 Å². The van der Waals surface area contributed by atoms with Crippen molar-refractivity contribution in [2.75, 3.05) is 13.7 Å². The molecule has 1 N–H and O–H groups in total. The highest BCUT2D eigenvalue weighted by Crippen LogP contribution is 2.35. The van der Waals surface area contributed by atoms with E-state index >= 15 is 0 Å². The number of likely N-dealkylation sites (N-methyl/N-ethyl adjacent to an activating group) is 1. The summed E-state index contributed by atoms with van der Waals surface area (Å²) < 4.78 is 5.94. The van der Waals surface area contributed by atoms with Gasteiger partial charge >= 0.3 is 0 Å². The van der Waals surface area contributed by atoms with Crippen LogP contribution in [0, 0.1) is 0 Å². The van der Waals surface area contributed by atoms with Gasteiger partial charge < -0.3 is 10.1 Å². The van der Waals surface area contributed by atoms with Gasteiger partial charge in [-0.1, -0.05) is 65.8 Å². The Morgan fingerprint density at radius 1 is 1.00 bits per heavy atom. The summed E-state index contributed by atoms with van der Waals surface area (Å²) in [5.74, 6) is 0. The first-order valence-electron chi connectivity index (χ1n) is 8.23. The Morgan fingerprint density at radius 2 is 1.52 bits per heavy atom. The highest BCUT2D eigenvalue weighted by atomic mass is 16.5. The van der Waals surface area contributed by atoms with Crippen molar-refractivity contribution in [2.24, 2.45) is 0 Å². The smallest absolute Gasteiger partial charge is 0.0867 e. The Bertz CT molecular complexity index is 404. The van der Waals surface area contributed by atoms with Gasteiger partial charge in [0.2, 0.25) is 0 Å². The first kappa shape index (κ1) is 18.2. The maximum absolute atomic E-state index is 5.94. The lowest BCUT2D eigenvalue weighted by Gasteiger charge is -2.39. The van der Waals surface area contributed by atoms with Crippen LogP contribution in [0.25, 0.3) is 0 Å². The monoisotopic (exact) mass is 291 g/mol. The van der Waals surface area contributed by atoms with Gasteiger partial charge in [-0.2, -0.15) is 0 Å². The summed E-state index contributed by atoms with van der Waals surface area (Å²) in [6, 6.07) is 9.26. The third kappa shape index (κ3) is 4.08. The van der Waals surface area contributed by atoms with Gasteiger partial charge in [-0.15, -0.1) is 0 Å². The van der Waals surface area contributed by atoms with Gasteiger partial charge in [0, 0.05) is 7.11 Å². The molecule has 0 aromatic heterocycles. The van der Waals surface area contributed by atoms with Crippen LogP contribution < -0.4 is 5.32 Å². The maximum Gasteiger partial charge on any atom is 0.0867 e. The van der Waals surface area contributed by atoms with Crippen molar-refractivity contribution in [1.82, 2.24) is 5.32 Å². The van der Waals surface area contributed by atoms with Crippen molar-refractivity contribution in [1.29, 1.82) is 0 Å². The fourth-order valence-corrected chi connectivity index (χ4v) is 3.05. The van der Waals surface area contributed by atoms with Gasteiger partial charge in [-0.3, -0.25) is 0 Å². The van der Waals surface area contributed by atoms with Gasteiger partial charge in [0.1, 0.15) is 0 Å². The van der Waals surface area contributed by atoms with Crippen LogP contribution in [0.2, 0.25) is 0 Å². The second-order valence-corrected chi connectivity index (χ2v) is 6.84. The SMILES string of the molecule is CCNC(c1ccc(C(C)(C)C)cc1)C(CC)(CC)OC. The molecule has 21 heavy (non-hydrogen) atoms. The predicted octanol–water partition coefficient (Wildman–Crippen LogP) is 4.84. The van der Waals surface area contributed by atoms with Crippen molar-refractivity contribution in [3.05, 3.63) is 35.4 Å². The third-order valence-electron chi connectivity index (χ3n) is 4.65. The van der Waals surface area contributed by atoms with Crippen LogP contribution in [-0.2, 0) is 10.2 Å². The molecular weight excluding hydrogens is 258 g/mol. The van der Waals surface area contributed by atoms with Gasteiger partial charge in [0.15, 0.2) is 0 Å². The van der Waals surface area contributed by atoms with Crippen LogP contribution in [0.4, 0.5) is 0 Å². The Morgan fingerprint density at radius 3 is 1.86 bits per heavy atom. The van der Waals surface area contributed by atoms with E-state index in [1.54, 1.807) is 0 Å². The summed E-state index contributed by atoms with van der Waals surface area (Å²) in [5.41, 5.74) is 2.74. The van der Waals surface area contributed by atoms with E-state index in [4.69, 9.17) is 4.74 Å². The van der Waals surface area contributed by atoms with E-state index in [1.807, 2.05) is 7.11 Å². The number of benzene rings is 1. The van der Waals surface area contributed by atoms with Gasteiger partial charge in [-0.05, 0) is 35.9 Å². The van der Waals surface area contributed by atoms with E-state index in [9.17, 15) is 0 Å². The molecule has 0 bridgehead atoms. The average Bonchev–Trinajstić information content (AvgIpc) is 2.48. The number of hydrogen-bond acceptors (Lipinski definition) is 2. The first-order chi connectivity index (χ1) is 9.84. The van der Waals surface area contributed by atoms with Crippen molar-refractivity contribution in [2.45, 2.75) is 71.4 Å². The minimum Gasteiger partial charge on any atom is -0.376 e. The van der Waals surface area contributed by atoms with Crippen LogP contribution in [0.1, 0.15) is 71.6 Å². The highest BCUT2D eigenvalue weighted by molar-refractivity contribution is 5.30. The molecule has 2 heteroatoms. The van der Waals surface area contributed by atoms with Crippen molar-refractivity contribution in [3.8, 4) is 0 Å². The quantitative estimate of drug-likeness (QED) is 0.776. The highest BCUT2D eigenvalue weighted by Gasteiger charge is 2.36. The summed E-state index contributed by atoms with van der Waals surface area (Å²) >= 11 is 0. The van der Waals surface area contributed by atoms with Crippen LogP contribution in [0.3, 0.4) is 0 Å². The van der Waals surface area contributed by atoms with Crippen LogP contribution in [0.15, 0.2) is 24.3 Å². The largest absolute Gasteiger partial charge is 0.376 e. The fraction of sp³-hybridized carbons (Fsp3) is 0.684. The summed E-state index contributed by atoms with van der Waals surface area (Å²) in [4.78, 5) is 0. The Hall–Kier alpha value is -0.860. The molecule has 0 aliphatic carbocycles. The molecule has 0 saturated heterocycles. The summed E-state index contributed by atoms with van der Waals surface area (Å²) in [5, 5.41) is 3.63. The summed E-state index contributed by atoms with van der Waals surface area (Å²) in [6.07, 6.45) is 2.00. The molecule has 1 aromatic carbocycles. The molecule has 0 fully saturated rings. The normalized spacial score (nSPS) is 14.2. The molecule has 1 aromatic rings. The molecule has 1 atom stereocenters. The van der Waals surface area contributed by atoms with Gasteiger partial charge in [-0.25, -0.2) is 0 Å². The molecule has 0 radical (unpaired) electrons. The molecule has 1 unspecified atom stereocenters. The second kappa shape index (κ2) is 7.42. The van der Waals surface area contributed by atoms with E-state index < -0.39 is 0 Å². The molecule has 0 aliphatic heterocycles. The second-order valence-electron chi connectivity index (χ2n) is 6.84. The molecule has 120 valence electrons. The van der Waals surface area contributed by atoms with Crippen molar-refractivity contribution >= 4 is 0 Å². The number of methoxy groups -OCH3 is 1. The molecule has 0 aliphatic rings. The molecule has 1 rings (SSSR count). The van der Waals surface area contributed by atoms with E-state index in [-0.39, 0.29) is 17.1 Å². The topological polar surface area (TPSA) is 21.3 Å². The zero-order valence-corrected chi connectivity index (χ0v) is 14.9. The Balaban J connectivity index is 3.17. The molecular formula is C19H33NO. The lowest BCUT2D eigenvalue weighted by Crippen LogP contribution is -2.44. The number of nitrogens with one attached hydrogen (secondary N) is 1. The number of ether oxygens (including phenoxy) is 1. The first-order valence-corrected chi connectivity index (χ1v) is 8.23. The molecule has 0 spiro atoms. The van der Waals surface area contributed by atoms with E-state index in [0.29, 0.717) is 0 Å². The third-order valence-corrected chi connectivity index (χ3v) is 4.65. The minimum absolute atomic E-state index is 0.140. The van der Waals surface area contributed by atoms with E-state index in [2.05, 4.69) is 71.1 Å². The predicted molar refractivity (Wildman–Crippen MR) is 91.9 cm³/mol. The molecule has 0 saturated carbocycles. The molecule has 0 heterocycles. The number of hydrogen-bond donors (Lipinski definition) is 1. The van der Waals surface area contributed by atoms with Crippen LogP contribution >= 0.6 is 0 Å². The standard InChI is InChI=1S/C19H33NO/c1-8-19(9-2,21-7)17(20-10-3)15-11-13-16(14-12-15)18(4,5)6/h11-14,17,20H,8-10H2,1-7H3. The van der Waals surface area contributed by atoms with Crippen LogP contribution in [-0.4, -0.2) is 19.3 Å². The molecule has 2 nitrogen and oxygen atoms in total. The fourth-order valence-electron chi connectivity index (χ4n) is 3.05. The average molecular weight is 291 g/mol. The Labute approximate surface area is 131 Å². The summed E-state index contributed by atoms with van der Waals surface area (Å²) in [6.45, 7) is 14.3. The maximum atomic E-state index is 5.94. The Kier molecular flexibility index (Phi) is 6.42. The van der Waals surface area contributed by atoms with Gasteiger partial charge in [0.25, 0.3) is 0 Å². The van der Waals surface area contributed by atoms with E-state index in [1.165, 1.54) is 11.1 Å². The molecule has 0 amide bonds. The zero-order valence-electron chi connectivity index (χ0n) is 14.9. The lowest BCUT2D eigenvalue weighted by atomic mass is 9.81. The summed E-state index contributed by atoms with van der Waals surface area (Å²) in [7, 11) is 1.83. The van der Waals surface area contributed by atoms with Crippen LogP contribution in [0.5, 0.6) is 0 Å². The number of rotatable bonds is 7.